The number of methoxy groups -OCH3 is 1. The smallest absolute Gasteiger partial charge is 0.245 e. The normalized spacial score (nSPS) is 16.8. The highest BCUT2D eigenvalue weighted by molar-refractivity contribution is 7.13. The van der Waals surface area contributed by atoms with Crippen molar-refractivity contribution in [2.24, 2.45) is 11.8 Å². The molecule has 2 heterocycles. The molecule has 9 heteroatoms. The third kappa shape index (κ3) is 8.36. The van der Waals surface area contributed by atoms with Crippen molar-refractivity contribution in [2.45, 2.75) is 57.8 Å². The van der Waals surface area contributed by atoms with Crippen LogP contribution in [0.3, 0.4) is 0 Å². The van der Waals surface area contributed by atoms with Gasteiger partial charge in [-0.15, -0.1) is 11.3 Å². The summed E-state index contributed by atoms with van der Waals surface area (Å²) in [7, 11) is 1.59. The first-order valence-corrected chi connectivity index (χ1v) is 14.7. The van der Waals surface area contributed by atoms with Gasteiger partial charge in [-0.2, -0.15) is 0 Å². The minimum Gasteiger partial charge on any atom is -0.383 e. The molecule has 1 saturated heterocycles. The van der Waals surface area contributed by atoms with Crippen molar-refractivity contribution in [1.82, 2.24) is 14.8 Å². The van der Waals surface area contributed by atoms with Crippen LogP contribution in [0.15, 0.2) is 35.7 Å². The fourth-order valence-corrected chi connectivity index (χ4v) is 6.18. The monoisotopic (exact) mass is 540 g/mol. The number of amides is 3. The summed E-state index contributed by atoms with van der Waals surface area (Å²) >= 11 is 1.31. The van der Waals surface area contributed by atoms with Crippen molar-refractivity contribution in [3.05, 3.63) is 47.0 Å². The summed E-state index contributed by atoms with van der Waals surface area (Å²) in [5, 5.41) is 5.10. The van der Waals surface area contributed by atoms with E-state index in [1.807, 2.05) is 16.3 Å². The van der Waals surface area contributed by atoms with E-state index in [2.05, 4.69) is 34.6 Å². The van der Waals surface area contributed by atoms with Crippen LogP contribution in [0.5, 0.6) is 0 Å². The van der Waals surface area contributed by atoms with E-state index in [1.54, 1.807) is 12.0 Å². The molecule has 2 fully saturated rings. The third-order valence-electron chi connectivity index (χ3n) is 7.63. The third-order valence-corrected chi connectivity index (χ3v) is 8.44. The van der Waals surface area contributed by atoms with E-state index < -0.39 is 0 Å². The van der Waals surface area contributed by atoms with Gasteiger partial charge in [-0.3, -0.25) is 14.4 Å². The first-order valence-electron chi connectivity index (χ1n) is 13.9. The Morgan fingerprint density at radius 1 is 1.08 bits per heavy atom. The maximum Gasteiger partial charge on any atom is 0.245 e. The number of ether oxygens (including phenoxy) is 1. The number of carbonyl (C=O) groups is 3. The Bertz CT molecular complexity index is 1050. The van der Waals surface area contributed by atoms with E-state index in [0.29, 0.717) is 29.9 Å². The van der Waals surface area contributed by atoms with Gasteiger partial charge in [0.15, 0.2) is 5.13 Å². The van der Waals surface area contributed by atoms with E-state index in [1.165, 1.54) is 23.3 Å². The van der Waals surface area contributed by atoms with Crippen molar-refractivity contribution in [2.75, 3.05) is 45.2 Å². The van der Waals surface area contributed by atoms with Crippen molar-refractivity contribution < 1.29 is 19.1 Å². The van der Waals surface area contributed by atoms with E-state index in [9.17, 15) is 14.4 Å². The van der Waals surface area contributed by atoms with Crippen molar-refractivity contribution in [1.29, 1.82) is 0 Å². The number of piperidine rings is 1. The van der Waals surface area contributed by atoms with Crippen molar-refractivity contribution in [3.63, 3.8) is 0 Å². The molecule has 4 rings (SSSR count). The number of nitrogens with one attached hydrogen (secondary N) is 1. The fourth-order valence-electron chi connectivity index (χ4n) is 5.45. The number of hydrogen-bond donors (Lipinski definition) is 1. The highest BCUT2D eigenvalue weighted by atomic mass is 32.1. The first kappa shape index (κ1) is 28.2. The molecule has 1 aromatic carbocycles. The molecule has 1 aliphatic carbocycles. The molecule has 1 aliphatic heterocycles. The maximum absolute atomic E-state index is 13.0. The van der Waals surface area contributed by atoms with Crippen LogP contribution in [0.2, 0.25) is 0 Å². The second kappa shape index (κ2) is 14.4. The molecule has 0 spiro atoms. The number of rotatable bonds is 11. The molecule has 1 aromatic heterocycles. The highest BCUT2D eigenvalue weighted by Crippen LogP contribution is 2.26. The van der Waals surface area contributed by atoms with Gasteiger partial charge in [0.1, 0.15) is 6.54 Å². The Kier molecular flexibility index (Phi) is 10.7. The van der Waals surface area contributed by atoms with Crippen LogP contribution >= 0.6 is 11.3 Å². The summed E-state index contributed by atoms with van der Waals surface area (Å²) < 4.78 is 5.16. The Balaban J connectivity index is 1.23. The number of hydrogen-bond acceptors (Lipinski definition) is 6. The number of thiazole rings is 1. The summed E-state index contributed by atoms with van der Waals surface area (Å²) in [4.78, 5) is 46.7. The summed E-state index contributed by atoms with van der Waals surface area (Å²) in [6.45, 7) is 2.30. The van der Waals surface area contributed by atoms with Crippen molar-refractivity contribution in [3.8, 4) is 0 Å². The molecule has 206 valence electrons. The zero-order chi connectivity index (χ0) is 26.7. The lowest BCUT2D eigenvalue weighted by atomic mass is 9.88. The lowest BCUT2D eigenvalue weighted by Gasteiger charge is -2.32. The molecule has 3 amide bonds. The molecule has 1 N–H and O–H groups in total. The lowest BCUT2D eigenvalue weighted by Crippen LogP contribution is -2.43. The number of aromatic nitrogens is 1. The number of nitrogens with zero attached hydrogens (tertiary/aromatic N) is 3. The van der Waals surface area contributed by atoms with Crippen LogP contribution in [0.1, 0.15) is 56.2 Å². The summed E-state index contributed by atoms with van der Waals surface area (Å²) in [5.41, 5.74) is 2.02. The molecule has 0 unspecified atom stereocenters. The molecule has 2 aliphatic rings. The molecular weight excluding hydrogens is 500 g/mol. The van der Waals surface area contributed by atoms with Crippen LogP contribution < -0.4 is 5.32 Å². The molecule has 1 saturated carbocycles. The molecule has 8 nitrogen and oxygen atoms in total. The quantitative estimate of drug-likeness (QED) is 0.462. The molecule has 38 heavy (non-hydrogen) atoms. The van der Waals surface area contributed by atoms with Crippen LogP contribution in [-0.4, -0.2) is 72.4 Å². The van der Waals surface area contributed by atoms with Crippen LogP contribution in [0.4, 0.5) is 5.13 Å². The number of likely N-dealkylation sites (tertiary alicyclic amines) is 1. The standard InChI is InChI=1S/C29H40N4O4S/c1-37-17-16-33(28(36)24-10-6-3-7-11-24)20-26(34)31-29-30-25(21-38-29)19-27(35)32-14-12-23(13-15-32)18-22-8-4-2-5-9-22/h2,4-5,8-9,21,23-24H,3,6-7,10-20H2,1H3,(H,30,31,34). The van der Waals surface area contributed by atoms with Gasteiger partial charge >= 0.3 is 0 Å². The molecule has 0 radical (unpaired) electrons. The second-order valence-electron chi connectivity index (χ2n) is 10.5. The Morgan fingerprint density at radius 3 is 2.53 bits per heavy atom. The van der Waals surface area contributed by atoms with Gasteiger partial charge in [0.2, 0.25) is 17.7 Å². The van der Waals surface area contributed by atoms with Gasteiger partial charge in [-0.25, -0.2) is 4.98 Å². The van der Waals surface area contributed by atoms with E-state index in [-0.39, 0.29) is 36.6 Å². The molecule has 2 aromatic rings. The van der Waals surface area contributed by atoms with E-state index in [0.717, 1.165) is 58.0 Å². The zero-order valence-electron chi connectivity index (χ0n) is 22.4. The fraction of sp³-hybridized carbons (Fsp3) is 0.586. The minimum absolute atomic E-state index is 0.00529. The lowest BCUT2D eigenvalue weighted by molar-refractivity contribution is -0.140. The van der Waals surface area contributed by atoms with Gasteiger partial charge in [0, 0.05) is 38.0 Å². The van der Waals surface area contributed by atoms with E-state index >= 15 is 0 Å². The number of benzene rings is 1. The summed E-state index contributed by atoms with van der Waals surface area (Å²) in [6.07, 6.45) is 8.39. The largest absolute Gasteiger partial charge is 0.383 e. The average Bonchev–Trinajstić information content (AvgIpc) is 3.38. The maximum atomic E-state index is 13.0. The molecule has 0 atom stereocenters. The predicted octanol–water partition coefficient (Wildman–Crippen LogP) is 4.16. The molecule has 0 bridgehead atoms. The van der Waals surface area contributed by atoms with Gasteiger partial charge in [0.25, 0.3) is 0 Å². The average molecular weight is 541 g/mol. The topological polar surface area (TPSA) is 91.8 Å². The van der Waals surface area contributed by atoms with Crippen molar-refractivity contribution >= 4 is 34.2 Å². The number of carbonyl (C=O) groups excluding carboxylic acids is 3. The first-order chi connectivity index (χ1) is 18.5. The van der Waals surface area contributed by atoms with Gasteiger partial charge in [-0.1, -0.05) is 49.6 Å². The Labute approximate surface area is 229 Å². The summed E-state index contributed by atoms with van der Waals surface area (Å²) in [6, 6.07) is 10.5. The van der Waals surface area contributed by atoms with Gasteiger partial charge < -0.3 is 19.9 Å². The predicted molar refractivity (Wildman–Crippen MR) is 149 cm³/mol. The zero-order valence-corrected chi connectivity index (χ0v) is 23.2. The van der Waals surface area contributed by atoms with Crippen LogP contribution in [-0.2, 0) is 32.0 Å². The van der Waals surface area contributed by atoms with Gasteiger partial charge in [0.05, 0.1) is 18.7 Å². The SMILES string of the molecule is COCCN(CC(=O)Nc1nc(CC(=O)N2CCC(Cc3ccccc3)CC2)cs1)C(=O)C1CCCCC1. The Morgan fingerprint density at radius 2 is 1.82 bits per heavy atom. The van der Waals surface area contributed by atoms with Crippen LogP contribution in [0.25, 0.3) is 0 Å². The van der Waals surface area contributed by atoms with Gasteiger partial charge in [-0.05, 0) is 43.6 Å². The van der Waals surface area contributed by atoms with E-state index in [4.69, 9.17) is 4.74 Å². The minimum atomic E-state index is -0.280. The Hall–Kier alpha value is -2.78. The molecular formula is C29H40N4O4S. The second-order valence-corrected chi connectivity index (χ2v) is 11.3. The summed E-state index contributed by atoms with van der Waals surface area (Å²) in [5.74, 6) is 0.438. The van der Waals surface area contributed by atoms with Crippen LogP contribution in [0, 0.1) is 11.8 Å². The number of anilines is 1. The highest BCUT2D eigenvalue weighted by Gasteiger charge is 2.28.